The summed E-state index contributed by atoms with van der Waals surface area (Å²) in [5.41, 5.74) is 3.25. The summed E-state index contributed by atoms with van der Waals surface area (Å²) < 4.78 is 7.06. The zero-order valence-corrected chi connectivity index (χ0v) is 15.7. The summed E-state index contributed by atoms with van der Waals surface area (Å²) in [5, 5.41) is 18.3. The number of aromatic nitrogens is 3. The Morgan fingerprint density at radius 3 is 2.67 bits per heavy atom. The Bertz CT molecular complexity index is 818. The normalized spacial score (nSPS) is 13.3. The summed E-state index contributed by atoms with van der Waals surface area (Å²) in [6, 6.07) is 16.1. The molecule has 142 valence electrons. The van der Waals surface area contributed by atoms with Crippen LogP contribution in [0.5, 0.6) is 5.75 Å². The zero-order valence-electron chi connectivity index (χ0n) is 15.7. The first-order valence-corrected chi connectivity index (χ1v) is 9.10. The van der Waals surface area contributed by atoms with Crippen molar-refractivity contribution in [3.8, 4) is 5.75 Å². The first-order chi connectivity index (χ1) is 13.2. The zero-order chi connectivity index (χ0) is 19.1. The van der Waals surface area contributed by atoms with Gasteiger partial charge in [0.1, 0.15) is 18.4 Å². The van der Waals surface area contributed by atoms with Crippen molar-refractivity contribution < 1.29 is 9.84 Å². The van der Waals surface area contributed by atoms with Gasteiger partial charge in [-0.2, -0.15) is 5.10 Å². The molecule has 1 aromatic heterocycles. The van der Waals surface area contributed by atoms with Crippen LogP contribution in [0, 0.1) is 6.92 Å². The third-order valence-electron chi connectivity index (χ3n) is 4.63. The van der Waals surface area contributed by atoms with Gasteiger partial charge in [0.15, 0.2) is 0 Å². The largest absolute Gasteiger partial charge is 0.497 e. The lowest BCUT2D eigenvalue weighted by Gasteiger charge is -2.22. The Morgan fingerprint density at radius 1 is 1.15 bits per heavy atom. The molecule has 2 aromatic carbocycles. The van der Waals surface area contributed by atoms with Crippen molar-refractivity contribution in [2.45, 2.75) is 32.0 Å². The van der Waals surface area contributed by atoms with Crippen LogP contribution < -0.4 is 10.1 Å². The molecule has 0 unspecified atom stereocenters. The average molecular weight is 366 g/mol. The SMILES string of the molecule is COc1cccc([C@H](O)CN[C@@H](CCn2cncn2)c2ccc(C)cc2)c1. The lowest BCUT2D eigenvalue weighted by Crippen LogP contribution is -2.27. The second-order valence-corrected chi connectivity index (χ2v) is 6.61. The van der Waals surface area contributed by atoms with Crippen molar-refractivity contribution >= 4 is 0 Å². The Balaban J connectivity index is 1.67. The molecule has 0 bridgehead atoms. The van der Waals surface area contributed by atoms with E-state index in [-0.39, 0.29) is 6.04 Å². The summed E-state index contributed by atoms with van der Waals surface area (Å²) in [6.45, 7) is 3.28. The van der Waals surface area contributed by atoms with Crippen molar-refractivity contribution in [3.63, 3.8) is 0 Å². The predicted molar refractivity (Wildman–Crippen MR) is 105 cm³/mol. The molecule has 2 atom stereocenters. The monoisotopic (exact) mass is 366 g/mol. The van der Waals surface area contributed by atoms with Gasteiger partial charge in [0.25, 0.3) is 0 Å². The molecule has 2 N–H and O–H groups in total. The molecule has 6 nitrogen and oxygen atoms in total. The molecule has 0 fully saturated rings. The van der Waals surface area contributed by atoms with Gasteiger partial charge in [-0.1, -0.05) is 42.0 Å². The van der Waals surface area contributed by atoms with Crippen LogP contribution in [-0.2, 0) is 6.54 Å². The molecule has 0 saturated carbocycles. The second-order valence-electron chi connectivity index (χ2n) is 6.61. The second kappa shape index (κ2) is 9.30. The number of nitrogens with one attached hydrogen (secondary N) is 1. The topological polar surface area (TPSA) is 72.2 Å². The van der Waals surface area contributed by atoms with Crippen LogP contribution in [-0.4, -0.2) is 33.5 Å². The Kier molecular flexibility index (Phi) is 6.57. The third-order valence-corrected chi connectivity index (χ3v) is 4.63. The van der Waals surface area contributed by atoms with E-state index in [9.17, 15) is 5.11 Å². The van der Waals surface area contributed by atoms with E-state index in [0.717, 1.165) is 24.3 Å². The maximum Gasteiger partial charge on any atom is 0.137 e. The number of hydrogen-bond acceptors (Lipinski definition) is 5. The van der Waals surface area contributed by atoms with Gasteiger partial charge in [0.05, 0.1) is 13.2 Å². The quantitative estimate of drug-likeness (QED) is 0.609. The number of hydrogen-bond donors (Lipinski definition) is 2. The highest BCUT2D eigenvalue weighted by Crippen LogP contribution is 2.22. The number of benzene rings is 2. The van der Waals surface area contributed by atoms with E-state index >= 15 is 0 Å². The van der Waals surface area contributed by atoms with Crippen LogP contribution in [0.4, 0.5) is 0 Å². The Morgan fingerprint density at radius 2 is 1.96 bits per heavy atom. The van der Waals surface area contributed by atoms with Crippen molar-refractivity contribution in [2.75, 3.05) is 13.7 Å². The summed E-state index contributed by atoms with van der Waals surface area (Å²) >= 11 is 0. The minimum Gasteiger partial charge on any atom is -0.497 e. The molecular formula is C21H26N4O2. The highest BCUT2D eigenvalue weighted by Gasteiger charge is 2.15. The van der Waals surface area contributed by atoms with Crippen LogP contribution in [0.1, 0.15) is 35.3 Å². The summed E-state index contributed by atoms with van der Waals surface area (Å²) in [4.78, 5) is 3.99. The lowest BCUT2D eigenvalue weighted by molar-refractivity contribution is 0.168. The van der Waals surface area contributed by atoms with E-state index in [0.29, 0.717) is 6.54 Å². The molecule has 6 heteroatoms. The number of aliphatic hydroxyl groups excluding tert-OH is 1. The van der Waals surface area contributed by atoms with Gasteiger partial charge in [-0.15, -0.1) is 0 Å². The minimum absolute atomic E-state index is 0.107. The molecule has 3 aromatic rings. The van der Waals surface area contributed by atoms with Gasteiger partial charge >= 0.3 is 0 Å². The first-order valence-electron chi connectivity index (χ1n) is 9.10. The van der Waals surface area contributed by atoms with E-state index in [1.807, 2.05) is 28.9 Å². The smallest absolute Gasteiger partial charge is 0.137 e. The Hall–Kier alpha value is -2.70. The van der Waals surface area contributed by atoms with Crippen LogP contribution in [0.15, 0.2) is 61.2 Å². The standard InChI is InChI=1S/C21H26N4O2/c1-16-6-8-17(9-7-16)20(10-11-25-15-22-14-24-25)23-13-21(26)18-4-3-5-19(12-18)27-2/h3-9,12,14-15,20-21,23,26H,10-11,13H2,1-2H3/t20-,21+/m0/s1. The molecule has 0 aliphatic heterocycles. The van der Waals surface area contributed by atoms with Gasteiger partial charge in [-0.3, -0.25) is 4.68 Å². The van der Waals surface area contributed by atoms with E-state index < -0.39 is 6.10 Å². The third kappa shape index (κ3) is 5.39. The highest BCUT2D eigenvalue weighted by atomic mass is 16.5. The first kappa shape index (κ1) is 19.1. The van der Waals surface area contributed by atoms with Crippen molar-refractivity contribution in [1.29, 1.82) is 0 Å². The summed E-state index contributed by atoms with van der Waals surface area (Å²) in [7, 11) is 1.63. The molecule has 27 heavy (non-hydrogen) atoms. The molecule has 1 heterocycles. The summed E-state index contributed by atoms with van der Waals surface area (Å²) in [6.07, 6.45) is 3.49. The number of rotatable bonds is 9. The number of nitrogens with zero attached hydrogens (tertiary/aromatic N) is 3. The fourth-order valence-electron chi connectivity index (χ4n) is 3.02. The van der Waals surface area contributed by atoms with Crippen molar-refractivity contribution in [1.82, 2.24) is 20.1 Å². The van der Waals surface area contributed by atoms with E-state index in [2.05, 4.69) is 46.6 Å². The van der Waals surface area contributed by atoms with Gasteiger partial charge in [0.2, 0.25) is 0 Å². The van der Waals surface area contributed by atoms with Crippen molar-refractivity contribution in [3.05, 3.63) is 77.9 Å². The maximum absolute atomic E-state index is 10.6. The number of methoxy groups -OCH3 is 1. The van der Waals surface area contributed by atoms with Gasteiger partial charge < -0.3 is 15.2 Å². The number of ether oxygens (including phenoxy) is 1. The van der Waals surface area contributed by atoms with Crippen LogP contribution in [0.25, 0.3) is 0 Å². The predicted octanol–water partition coefficient (Wildman–Crippen LogP) is 3.05. The Labute approximate surface area is 159 Å². The van der Waals surface area contributed by atoms with Crippen molar-refractivity contribution in [2.24, 2.45) is 0 Å². The molecule has 0 aliphatic rings. The molecule has 3 rings (SSSR count). The fourth-order valence-corrected chi connectivity index (χ4v) is 3.02. The molecule has 0 spiro atoms. The van der Waals surface area contributed by atoms with Crippen LogP contribution in [0.3, 0.4) is 0 Å². The number of aliphatic hydroxyl groups is 1. The minimum atomic E-state index is -0.612. The summed E-state index contributed by atoms with van der Waals surface area (Å²) in [5.74, 6) is 0.743. The van der Waals surface area contributed by atoms with Gasteiger partial charge in [-0.25, -0.2) is 4.98 Å². The lowest BCUT2D eigenvalue weighted by atomic mass is 10.0. The van der Waals surface area contributed by atoms with E-state index in [1.165, 1.54) is 11.1 Å². The van der Waals surface area contributed by atoms with E-state index in [1.54, 1.807) is 19.8 Å². The van der Waals surface area contributed by atoms with Crippen LogP contribution in [0.2, 0.25) is 0 Å². The van der Waals surface area contributed by atoms with Gasteiger partial charge in [-0.05, 0) is 36.6 Å². The average Bonchev–Trinajstić information content (AvgIpc) is 3.22. The molecule has 0 saturated heterocycles. The van der Waals surface area contributed by atoms with Gasteiger partial charge in [0, 0.05) is 19.1 Å². The fraction of sp³-hybridized carbons (Fsp3) is 0.333. The maximum atomic E-state index is 10.6. The van der Waals surface area contributed by atoms with Crippen LogP contribution >= 0.6 is 0 Å². The molecular weight excluding hydrogens is 340 g/mol. The molecule has 0 aliphatic carbocycles. The van der Waals surface area contributed by atoms with E-state index in [4.69, 9.17) is 4.74 Å². The molecule has 0 radical (unpaired) electrons. The number of aryl methyl sites for hydroxylation is 2. The molecule has 0 amide bonds. The highest BCUT2D eigenvalue weighted by molar-refractivity contribution is 5.30.